The zero-order valence-corrected chi connectivity index (χ0v) is 15.9. The Hall–Kier alpha value is -3.15. The van der Waals surface area contributed by atoms with E-state index in [1.807, 2.05) is 36.1 Å². The van der Waals surface area contributed by atoms with Gasteiger partial charge in [-0.3, -0.25) is 9.59 Å². The molecule has 1 saturated heterocycles. The Morgan fingerprint density at radius 1 is 1.07 bits per heavy atom. The van der Waals surface area contributed by atoms with Gasteiger partial charge in [-0.2, -0.15) is 0 Å². The maximum Gasteiger partial charge on any atom is 0.295 e. The Morgan fingerprint density at radius 3 is 2.54 bits per heavy atom. The van der Waals surface area contributed by atoms with Gasteiger partial charge in [-0.15, -0.1) is 0 Å². The van der Waals surface area contributed by atoms with E-state index in [0.29, 0.717) is 36.6 Å². The number of piperazine rings is 1. The van der Waals surface area contributed by atoms with Crippen LogP contribution in [0.1, 0.15) is 23.0 Å². The van der Waals surface area contributed by atoms with Crippen molar-refractivity contribution in [2.24, 2.45) is 0 Å². The fourth-order valence-corrected chi connectivity index (χ4v) is 4.00. The first kappa shape index (κ1) is 18.2. The normalized spacial score (nSPS) is 17.2. The van der Waals surface area contributed by atoms with Gasteiger partial charge in [0.15, 0.2) is 0 Å². The molecule has 4 rings (SSSR count). The average molecular weight is 379 g/mol. The summed E-state index contributed by atoms with van der Waals surface area (Å²) in [6.07, 6.45) is 0. The van der Waals surface area contributed by atoms with Crippen molar-refractivity contribution in [3.63, 3.8) is 0 Å². The third-order valence-electron chi connectivity index (χ3n) is 5.39. The van der Waals surface area contributed by atoms with Gasteiger partial charge in [0.05, 0.1) is 11.3 Å². The zero-order chi connectivity index (χ0) is 19.8. The molecule has 0 aliphatic carbocycles. The van der Waals surface area contributed by atoms with Gasteiger partial charge in [-0.1, -0.05) is 30.3 Å². The smallest absolute Gasteiger partial charge is 0.295 e. The maximum absolute atomic E-state index is 14.1. The first-order chi connectivity index (χ1) is 13.5. The molecule has 1 fully saturated rings. The van der Waals surface area contributed by atoms with Crippen LogP contribution in [0.2, 0.25) is 0 Å². The highest BCUT2D eigenvalue weighted by molar-refractivity contribution is 6.45. The molecule has 1 aromatic heterocycles. The molecule has 28 heavy (non-hydrogen) atoms. The molecule has 1 amide bonds. The number of H-pyrrole nitrogens is 1. The summed E-state index contributed by atoms with van der Waals surface area (Å²) in [5.41, 5.74) is 2.50. The molecule has 1 unspecified atom stereocenters. The van der Waals surface area contributed by atoms with Crippen molar-refractivity contribution in [1.29, 1.82) is 0 Å². The van der Waals surface area contributed by atoms with E-state index in [4.69, 9.17) is 0 Å². The number of nitrogens with zero attached hydrogens (tertiary/aromatic N) is 2. The molecule has 5 nitrogen and oxygen atoms in total. The fraction of sp³-hybridized carbons (Fsp3) is 0.273. The Kier molecular flexibility index (Phi) is 4.63. The molecule has 1 atom stereocenters. The summed E-state index contributed by atoms with van der Waals surface area (Å²) in [5, 5.41) is 0.761. The predicted octanol–water partition coefficient (Wildman–Crippen LogP) is 3.54. The summed E-state index contributed by atoms with van der Waals surface area (Å²) < 4.78 is 14.1. The van der Waals surface area contributed by atoms with Crippen LogP contribution in [0.15, 0.2) is 48.5 Å². The Balaban J connectivity index is 1.54. The number of aromatic amines is 1. The van der Waals surface area contributed by atoms with E-state index in [-0.39, 0.29) is 11.9 Å². The first-order valence-corrected chi connectivity index (χ1v) is 9.39. The Labute approximate surface area is 162 Å². The lowest BCUT2D eigenvalue weighted by atomic mass is 10.0. The van der Waals surface area contributed by atoms with Gasteiger partial charge in [-0.05, 0) is 32.0 Å². The summed E-state index contributed by atoms with van der Waals surface area (Å²) in [6, 6.07) is 14.0. The number of aromatic nitrogens is 1. The fourth-order valence-electron chi connectivity index (χ4n) is 4.00. The van der Waals surface area contributed by atoms with E-state index >= 15 is 0 Å². The van der Waals surface area contributed by atoms with E-state index in [1.54, 1.807) is 30.0 Å². The lowest BCUT2D eigenvalue weighted by Gasteiger charge is -2.41. The zero-order valence-electron chi connectivity index (χ0n) is 15.9. The quantitative estimate of drug-likeness (QED) is 0.559. The van der Waals surface area contributed by atoms with Gasteiger partial charge in [0.1, 0.15) is 5.82 Å². The standard InChI is InChI=1S/C22H22FN3O2/c1-14-13-25(11-12-26(14)19-10-6-4-8-17(19)23)22(28)21(27)20-15(2)24-18-9-5-3-7-16(18)20/h3-10,14,24H,11-13H2,1-2H3. The molecule has 2 aromatic carbocycles. The van der Waals surface area contributed by atoms with Crippen molar-refractivity contribution in [1.82, 2.24) is 9.88 Å². The minimum atomic E-state index is -0.507. The number of ketones is 1. The van der Waals surface area contributed by atoms with Gasteiger partial charge in [0.2, 0.25) is 0 Å². The summed E-state index contributed by atoms with van der Waals surface area (Å²) in [4.78, 5) is 32.6. The second-order valence-corrected chi connectivity index (χ2v) is 7.24. The largest absolute Gasteiger partial charge is 0.363 e. The Bertz CT molecular complexity index is 1060. The van der Waals surface area contributed by atoms with Crippen molar-refractivity contribution in [2.45, 2.75) is 19.9 Å². The molecule has 3 aromatic rings. The van der Waals surface area contributed by atoms with Crippen LogP contribution in [0, 0.1) is 12.7 Å². The number of amides is 1. The van der Waals surface area contributed by atoms with Crippen LogP contribution in [-0.4, -0.2) is 47.3 Å². The number of benzene rings is 2. The molecule has 1 aliphatic rings. The maximum atomic E-state index is 14.1. The van der Waals surface area contributed by atoms with Crippen molar-refractivity contribution in [3.05, 3.63) is 65.6 Å². The van der Waals surface area contributed by atoms with Crippen molar-refractivity contribution in [3.8, 4) is 0 Å². The van der Waals surface area contributed by atoms with Crippen LogP contribution in [-0.2, 0) is 4.79 Å². The van der Waals surface area contributed by atoms with E-state index in [1.165, 1.54) is 6.07 Å². The number of carbonyl (C=O) groups excluding carboxylic acids is 2. The lowest BCUT2D eigenvalue weighted by molar-refractivity contribution is -0.127. The number of Topliss-reactive ketones (excluding diaryl/α,β-unsaturated/α-hetero) is 1. The van der Waals surface area contributed by atoms with E-state index in [0.717, 1.165) is 10.9 Å². The number of para-hydroxylation sites is 2. The monoisotopic (exact) mass is 379 g/mol. The van der Waals surface area contributed by atoms with Gasteiger partial charge in [0.25, 0.3) is 11.7 Å². The van der Waals surface area contributed by atoms with Crippen LogP contribution in [0.3, 0.4) is 0 Å². The number of anilines is 1. The van der Waals surface area contributed by atoms with Crippen molar-refractivity contribution < 1.29 is 14.0 Å². The molecule has 1 aliphatic heterocycles. The third kappa shape index (κ3) is 3.05. The number of aryl methyl sites for hydroxylation is 1. The average Bonchev–Trinajstić information content (AvgIpc) is 3.03. The number of halogens is 1. The number of fused-ring (bicyclic) bond motifs is 1. The summed E-state index contributed by atoms with van der Waals surface area (Å²) in [6.45, 7) is 4.98. The van der Waals surface area contributed by atoms with E-state index in [9.17, 15) is 14.0 Å². The van der Waals surface area contributed by atoms with Crippen molar-refractivity contribution in [2.75, 3.05) is 24.5 Å². The second-order valence-electron chi connectivity index (χ2n) is 7.24. The molecule has 0 bridgehead atoms. The topological polar surface area (TPSA) is 56.4 Å². The molecule has 1 N–H and O–H groups in total. The molecule has 6 heteroatoms. The second kappa shape index (κ2) is 7.11. The van der Waals surface area contributed by atoms with E-state index in [2.05, 4.69) is 4.98 Å². The highest BCUT2D eigenvalue weighted by Crippen LogP contribution is 2.26. The molecular weight excluding hydrogens is 357 g/mol. The molecule has 2 heterocycles. The molecule has 0 spiro atoms. The summed E-state index contributed by atoms with van der Waals surface area (Å²) in [5.74, 6) is -1.28. The van der Waals surface area contributed by atoms with Gasteiger partial charge in [-0.25, -0.2) is 4.39 Å². The van der Waals surface area contributed by atoms with Crippen LogP contribution in [0.4, 0.5) is 10.1 Å². The third-order valence-corrected chi connectivity index (χ3v) is 5.39. The van der Waals surface area contributed by atoms with Crippen LogP contribution >= 0.6 is 0 Å². The van der Waals surface area contributed by atoms with E-state index < -0.39 is 11.7 Å². The van der Waals surface area contributed by atoms with Crippen LogP contribution in [0.5, 0.6) is 0 Å². The predicted molar refractivity (Wildman–Crippen MR) is 107 cm³/mol. The summed E-state index contributed by atoms with van der Waals surface area (Å²) >= 11 is 0. The van der Waals surface area contributed by atoms with Gasteiger partial charge < -0.3 is 14.8 Å². The molecule has 0 radical (unpaired) electrons. The lowest BCUT2D eigenvalue weighted by Crippen LogP contribution is -2.55. The number of carbonyl (C=O) groups is 2. The minimum absolute atomic E-state index is 0.0912. The SMILES string of the molecule is Cc1[nH]c2ccccc2c1C(=O)C(=O)N1CCN(c2ccccc2F)C(C)C1. The van der Waals surface area contributed by atoms with Gasteiger partial charge in [0, 0.05) is 42.3 Å². The molecule has 0 saturated carbocycles. The van der Waals surface area contributed by atoms with Crippen LogP contribution < -0.4 is 4.90 Å². The number of nitrogens with one attached hydrogen (secondary N) is 1. The summed E-state index contributed by atoms with van der Waals surface area (Å²) in [7, 11) is 0. The minimum Gasteiger partial charge on any atom is -0.363 e. The van der Waals surface area contributed by atoms with Crippen molar-refractivity contribution >= 4 is 28.3 Å². The highest BCUT2D eigenvalue weighted by Gasteiger charge is 2.33. The Morgan fingerprint density at radius 2 is 1.79 bits per heavy atom. The number of rotatable bonds is 3. The molecular formula is C22H22FN3O2. The number of hydrogen-bond acceptors (Lipinski definition) is 3. The first-order valence-electron chi connectivity index (χ1n) is 9.39. The molecule has 144 valence electrons. The number of hydrogen-bond donors (Lipinski definition) is 1. The highest BCUT2D eigenvalue weighted by atomic mass is 19.1. The van der Waals surface area contributed by atoms with Crippen LogP contribution in [0.25, 0.3) is 10.9 Å². The van der Waals surface area contributed by atoms with Gasteiger partial charge >= 0.3 is 0 Å².